The van der Waals surface area contributed by atoms with E-state index in [0.717, 1.165) is 35.4 Å². The monoisotopic (exact) mass is 421 g/mol. The number of alkyl carbamates (subject to hydrolysis) is 1. The van der Waals surface area contributed by atoms with Gasteiger partial charge in [0.15, 0.2) is 0 Å². The number of ether oxygens (including phenoxy) is 2. The van der Waals surface area contributed by atoms with E-state index in [0.29, 0.717) is 31.2 Å². The molecule has 1 atom stereocenters. The van der Waals surface area contributed by atoms with Crippen LogP contribution in [0.3, 0.4) is 0 Å². The number of oxazole rings is 1. The number of carbonyl (C=O) groups is 2. The highest BCUT2D eigenvalue weighted by atomic mass is 16.6. The molecule has 0 bridgehead atoms. The van der Waals surface area contributed by atoms with Crippen molar-refractivity contribution >= 4 is 12.1 Å². The van der Waals surface area contributed by atoms with E-state index in [-0.39, 0.29) is 0 Å². The molecule has 1 aliphatic heterocycles. The number of hydrogen-bond acceptors (Lipinski definition) is 7. The van der Waals surface area contributed by atoms with Crippen LogP contribution in [0.2, 0.25) is 0 Å². The molecule has 4 rings (SSSR count). The summed E-state index contributed by atoms with van der Waals surface area (Å²) in [4.78, 5) is 31.3. The molecule has 0 spiro atoms. The van der Waals surface area contributed by atoms with Crippen molar-refractivity contribution in [1.82, 2.24) is 15.3 Å². The molecule has 0 saturated carbocycles. The first-order valence-electron chi connectivity index (χ1n) is 10.2. The quantitative estimate of drug-likeness (QED) is 0.416. The van der Waals surface area contributed by atoms with Gasteiger partial charge in [-0.3, -0.25) is 0 Å². The molecule has 1 amide bonds. The van der Waals surface area contributed by atoms with Crippen LogP contribution in [-0.2, 0) is 22.4 Å². The molecule has 1 aliphatic rings. The Balaban J connectivity index is 1.22. The maximum atomic E-state index is 11.4. The Bertz CT molecular complexity index is 1050. The van der Waals surface area contributed by atoms with Crippen molar-refractivity contribution < 1.29 is 23.5 Å². The van der Waals surface area contributed by atoms with E-state index in [1.54, 1.807) is 6.20 Å². The van der Waals surface area contributed by atoms with Crippen molar-refractivity contribution in [3.05, 3.63) is 65.7 Å². The zero-order valence-corrected chi connectivity index (χ0v) is 17.2. The molecular weight excluding hydrogens is 398 g/mol. The molecule has 1 aromatic carbocycles. The van der Waals surface area contributed by atoms with Gasteiger partial charge in [0.1, 0.15) is 11.8 Å². The van der Waals surface area contributed by atoms with Crippen molar-refractivity contribution in [1.29, 1.82) is 0 Å². The van der Waals surface area contributed by atoms with E-state index >= 15 is 0 Å². The van der Waals surface area contributed by atoms with E-state index in [2.05, 4.69) is 20.0 Å². The largest absolute Gasteiger partial charge is 0.477 e. The molecule has 1 N–H and O–H groups in total. The fraction of sp³-hybridized carbons (Fsp3) is 0.304. The van der Waals surface area contributed by atoms with Crippen LogP contribution < -0.4 is 10.1 Å². The second kappa shape index (κ2) is 9.42. The summed E-state index contributed by atoms with van der Waals surface area (Å²) in [6.07, 6.45) is 3.72. The maximum absolute atomic E-state index is 11.4. The number of amides is 1. The number of nitrogens with zero attached hydrogens (tertiary/aromatic N) is 2. The molecule has 8 nitrogen and oxygen atoms in total. The third-order valence-electron chi connectivity index (χ3n) is 5.03. The van der Waals surface area contributed by atoms with Crippen LogP contribution in [0, 0.1) is 6.92 Å². The zero-order chi connectivity index (χ0) is 21.6. The van der Waals surface area contributed by atoms with Crippen LogP contribution in [0.25, 0.3) is 11.5 Å². The highest BCUT2D eigenvalue weighted by molar-refractivity contribution is 5.95. The van der Waals surface area contributed by atoms with Crippen molar-refractivity contribution in [2.24, 2.45) is 0 Å². The van der Waals surface area contributed by atoms with E-state index in [4.69, 9.17) is 9.15 Å². The fourth-order valence-electron chi connectivity index (χ4n) is 3.35. The number of pyridine rings is 1. The number of rotatable bonds is 9. The Hall–Kier alpha value is -3.68. The van der Waals surface area contributed by atoms with E-state index in [1.807, 2.05) is 49.4 Å². The van der Waals surface area contributed by atoms with Crippen molar-refractivity contribution in [2.75, 3.05) is 6.61 Å². The number of carbonyl (C=O) groups excluding carboxylic acids is 2. The average molecular weight is 421 g/mol. The predicted octanol–water partition coefficient (Wildman–Crippen LogP) is 3.62. The first kappa shape index (κ1) is 20.6. The van der Waals surface area contributed by atoms with Crippen molar-refractivity contribution in [2.45, 2.75) is 38.6 Å². The van der Waals surface area contributed by atoms with Gasteiger partial charge in [-0.25, -0.2) is 19.6 Å². The highest BCUT2D eigenvalue weighted by Gasteiger charge is 2.31. The van der Waals surface area contributed by atoms with Crippen LogP contribution in [-0.4, -0.2) is 34.7 Å². The molecule has 1 unspecified atom stereocenters. The summed E-state index contributed by atoms with van der Waals surface area (Å²) in [6.45, 7) is 2.34. The zero-order valence-electron chi connectivity index (χ0n) is 17.2. The summed E-state index contributed by atoms with van der Waals surface area (Å²) in [5, 5.41) is 2.49. The number of aromatic nitrogens is 2. The summed E-state index contributed by atoms with van der Waals surface area (Å²) < 4.78 is 16.0. The van der Waals surface area contributed by atoms with Crippen LogP contribution in [0.1, 0.15) is 29.9 Å². The highest BCUT2D eigenvalue weighted by Crippen LogP contribution is 2.22. The number of benzene rings is 1. The van der Waals surface area contributed by atoms with Gasteiger partial charge < -0.3 is 19.2 Å². The van der Waals surface area contributed by atoms with Gasteiger partial charge in [0.05, 0.1) is 12.3 Å². The minimum absolute atomic E-state index is 0.442. The topological polar surface area (TPSA) is 104 Å². The van der Waals surface area contributed by atoms with Gasteiger partial charge in [0.25, 0.3) is 0 Å². The maximum Gasteiger partial charge on any atom is 0.415 e. The first-order chi connectivity index (χ1) is 15.1. The number of nitrogens with one attached hydrogen (secondary N) is 1. The van der Waals surface area contributed by atoms with Crippen molar-refractivity contribution in [3.63, 3.8) is 0 Å². The van der Waals surface area contributed by atoms with Gasteiger partial charge in [0.2, 0.25) is 11.8 Å². The first-order valence-corrected chi connectivity index (χ1v) is 10.2. The summed E-state index contributed by atoms with van der Waals surface area (Å²) in [5.41, 5.74) is 2.85. The third-order valence-corrected chi connectivity index (χ3v) is 5.03. The molecule has 2 aromatic heterocycles. The molecular formula is C23H23N3O5. The van der Waals surface area contributed by atoms with Crippen LogP contribution in [0.15, 0.2) is 53.1 Å². The summed E-state index contributed by atoms with van der Waals surface area (Å²) in [6, 6.07) is 13.0. The van der Waals surface area contributed by atoms with Crippen LogP contribution in [0.4, 0.5) is 4.79 Å². The second-order valence-electron chi connectivity index (χ2n) is 7.29. The lowest BCUT2D eigenvalue weighted by molar-refractivity contribution is -0.135. The molecule has 31 heavy (non-hydrogen) atoms. The molecule has 8 heteroatoms. The Labute approximate surface area is 179 Å². The standard InChI is InChI=1S/C23H23N3O5/c1-15-18(25-21(30-15)17-7-3-2-4-8-17)12-13-29-20-11-10-16(14-24-20)6-5-9-19-22(27)31-23(28)26-19/h2-4,7-8,10-11,14,19H,5-6,9,12-13H2,1H3,(H,26,28). The smallest absolute Gasteiger partial charge is 0.415 e. The molecule has 3 heterocycles. The molecule has 1 saturated heterocycles. The lowest BCUT2D eigenvalue weighted by atomic mass is 10.1. The molecule has 3 aromatic rings. The summed E-state index contributed by atoms with van der Waals surface area (Å²) >= 11 is 0. The van der Waals surface area contributed by atoms with Gasteiger partial charge in [-0.1, -0.05) is 24.3 Å². The summed E-state index contributed by atoms with van der Waals surface area (Å²) in [5.74, 6) is 1.43. The molecule has 0 radical (unpaired) electrons. The Morgan fingerprint density at radius 2 is 1.94 bits per heavy atom. The number of hydrogen-bond donors (Lipinski definition) is 1. The normalized spacial score (nSPS) is 15.6. The van der Waals surface area contributed by atoms with Gasteiger partial charge in [-0.2, -0.15) is 0 Å². The Morgan fingerprint density at radius 3 is 2.65 bits per heavy atom. The predicted molar refractivity (Wildman–Crippen MR) is 111 cm³/mol. The van der Waals surface area contributed by atoms with Gasteiger partial charge in [-0.15, -0.1) is 0 Å². The second-order valence-corrected chi connectivity index (χ2v) is 7.29. The SMILES string of the molecule is Cc1oc(-c2ccccc2)nc1CCOc1ccc(CCCC2NC(=O)OC2=O)cn1. The van der Waals surface area contributed by atoms with Gasteiger partial charge >= 0.3 is 12.1 Å². The third kappa shape index (κ3) is 5.28. The number of esters is 1. The van der Waals surface area contributed by atoms with Crippen molar-refractivity contribution in [3.8, 4) is 17.3 Å². The van der Waals surface area contributed by atoms with E-state index < -0.39 is 18.1 Å². The lowest BCUT2D eigenvalue weighted by Gasteiger charge is -2.07. The molecule has 160 valence electrons. The van der Waals surface area contributed by atoms with E-state index in [9.17, 15) is 9.59 Å². The minimum Gasteiger partial charge on any atom is -0.477 e. The minimum atomic E-state index is -0.671. The van der Waals surface area contributed by atoms with E-state index in [1.165, 1.54) is 0 Å². The molecule has 0 aliphatic carbocycles. The Morgan fingerprint density at radius 1 is 1.10 bits per heavy atom. The van der Waals surface area contributed by atoms with Crippen LogP contribution >= 0.6 is 0 Å². The van der Waals surface area contributed by atoms with Gasteiger partial charge in [-0.05, 0) is 43.9 Å². The Kier molecular flexibility index (Phi) is 6.26. The average Bonchev–Trinajstić information content (AvgIpc) is 3.31. The summed E-state index contributed by atoms with van der Waals surface area (Å²) in [7, 11) is 0. The lowest BCUT2D eigenvalue weighted by Crippen LogP contribution is -2.28. The fourth-order valence-corrected chi connectivity index (χ4v) is 3.35. The van der Waals surface area contributed by atoms with Gasteiger partial charge in [0, 0.05) is 24.2 Å². The molecule has 1 fully saturated rings. The van der Waals surface area contributed by atoms with Crippen LogP contribution in [0.5, 0.6) is 5.88 Å². The number of aryl methyl sites for hydroxylation is 2. The number of cyclic esters (lactones) is 2.